The van der Waals surface area contributed by atoms with Gasteiger partial charge in [-0.05, 0) is 42.7 Å². The van der Waals surface area contributed by atoms with Crippen LogP contribution in [-0.2, 0) is 15.8 Å². The summed E-state index contributed by atoms with van der Waals surface area (Å²) >= 11 is 0. The number of benzene rings is 2. The van der Waals surface area contributed by atoms with Crippen LogP contribution in [0.4, 0.5) is 5.69 Å². The molecule has 7 heteroatoms. The Kier molecular flexibility index (Phi) is 6.39. The van der Waals surface area contributed by atoms with Gasteiger partial charge in [0.15, 0.2) is 0 Å². The number of nitrogens with zero attached hydrogens (tertiary/aromatic N) is 3. The Labute approximate surface area is 179 Å². The molecule has 0 N–H and O–H groups in total. The van der Waals surface area contributed by atoms with E-state index in [2.05, 4.69) is 17.0 Å². The number of rotatable bonds is 5. The van der Waals surface area contributed by atoms with Crippen molar-refractivity contribution in [2.24, 2.45) is 0 Å². The standard InChI is InChI=1S/C23H29N3O3S/c27-23(25-17-15-24(16-18-25)22-7-3-1-4-8-22)21-11-9-20(10-12-21)19-30(28,29)26-13-5-2-6-14-26/h1,3-4,7-12H,2,5-6,13-19H2. The largest absolute Gasteiger partial charge is 0.368 e. The van der Waals surface area contributed by atoms with E-state index >= 15 is 0 Å². The van der Waals surface area contributed by atoms with E-state index in [1.807, 2.05) is 23.1 Å². The summed E-state index contributed by atoms with van der Waals surface area (Å²) in [7, 11) is -3.29. The molecule has 0 aliphatic carbocycles. The molecule has 2 saturated heterocycles. The number of piperazine rings is 1. The summed E-state index contributed by atoms with van der Waals surface area (Å²) in [6.07, 6.45) is 2.97. The fourth-order valence-corrected chi connectivity index (χ4v) is 5.79. The Morgan fingerprint density at radius 2 is 1.40 bits per heavy atom. The molecule has 30 heavy (non-hydrogen) atoms. The fraction of sp³-hybridized carbons (Fsp3) is 0.435. The molecule has 2 fully saturated rings. The average Bonchev–Trinajstić information content (AvgIpc) is 2.80. The lowest BCUT2D eigenvalue weighted by Gasteiger charge is -2.36. The first-order chi connectivity index (χ1) is 14.5. The monoisotopic (exact) mass is 427 g/mol. The zero-order valence-corrected chi connectivity index (χ0v) is 18.1. The molecule has 0 bridgehead atoms. The van der Waals surface area contributed by atoms with Crippen LogP contribution >= 0.6 is 0 Å². The van der Waals surface area contributed by atoms with Gasteiger partial charge in [-0.15, -0.1) is 0 Å². The van der Waals surface area contributed by atoms with Gasteiger partial charge in [-0.2, -0.15) is 0 Å². The molecule has 2 aromatic rings. The Morgan fingerprint density at radius 3 is 2.03 bits per heavy atom. The van der Waals surface area contributed by atoms with Crippen LogP contribution in [0.5, 0.6) is 0 Å². The number of piperidine rings is 1. The van der Waals surface area contributed by atoms with Gasteiger partial charge in [0.1, 0.15) is 0 Å². The highest BCUT2D eigenvalue weighted by molar-refractivity contribution is 7.88. The summed E-state index contributed by atoms with van der Waals surface area (Å²) in [6.45, 7) is 4.21. The second kappa shape index (κ2) is 9.18. The van der Waals surface area contributed by atoms with Gasteiger partial charge >= 0.3 is 0 Å². The summed E-state index contributed by atoms with van der Waals surface area (Å²) in [4.78, 5) is 17.0. The van der Waals surface area contributed by atoms with E-state index < -0.39 is 10.0 Å². The predicted octanol–water partition coefficient (Wildman–Crippen LogP) is 2.96. The van der Waals surface area contributed by atoms with Crippen molar-refractivity contribution in [2.45, 2.75) is 25.0 Å². The second-order valence-corrected chi connectivity index (χ2v) is 10.00. The first-order valence-electron chi connectivity index (χ1n) is 10.7. The van der Waals surface area contributed by atoms with E-state index in [4.69, 9.17) is 0 Å². The third-order valence-electron chi connectivity index (χ3n) is 5.95. The minimum absolute atomic E-state index is 0.00276. The van der Waals surface area contributed by atoms with Crippen LogP contribution in [0, 0.1) is 0 Å². The van der Waals surface area contributed by atoms with Gasteiger partial charge in [0.2, 0.25) is 10.0 Å². The van der Waals surface area contributed by atoms with Crippen molar-refractivity contribution in [2.75, 3.05) is 44.2 Å². The van der Waals surface area contributed by atoms with E-state index in [1.54, 1.807) is 28.6 Å². The lowest BCUT2D eigenvalue weighted by atomic mass is 10.1. The zero-order chi connectivity index (χ0) is 21.0. The van der Waals surface area contributed by atoms with Crippen LogP contribution in [0.15, 0.2) is 54.6 Å². The molecule has 2 heterocycles. The van der Waals surface area contributed by atoms with Gasteiger partial charge in [0.05, 0.1) is 5.75 Å². The molecule has 0 saturated carbocycles. The molecule has 160 valence electrons. The van der Waals surface area contributed by atoms with Crippen molar-refractivity contribution in [1.29, 1.82) is 0 Å². The van der Waals surface area contributed by atoms with Crippen LogP contribution in [0.1, 0.15) is 35.2 Å². The molecule has 0 unspecified atom stereocenters. The van der Waals surface area contributed by atoms with E-state index in [0.29, 0.717) is 31.7 Å². The van der Waals surface area contributed by atoms with Gasteiger partial charge in [-0.3, -0.25) is 4.79 Å². The van der Waals surface area contributed by atoms with Crippen LogP contribution in [0.2, 0.25) is 0 Å². The number of anilines is 1. The van der Waals surface area contributed by atoms with E-state index in [0.717, 1.165) is 37.9 Å². The number of carbonyl (C=O) groups excluding carboxylic acids is 1. The molecular weight excluding hydrogens is 398 g/mol. The van der Waals surface area contributed by atoms with Gasteiger partial charge in [0, 0.05) is 50.5 Å². The summed E-state index contributed by atoms with van der Waals surface area (Å²) in [6, 6.07) is 17.3. The summed E-state index contributed by atoms with van der Waals surface area (Å²) in [5.41, 5.74) is 2.53. The highest BCUT2D eigenvalue weighted by Gasteiger charge is 2.25. The Balaban J connectivity index is 1.34. The average molecular weight is 428 g/mol. The van der Waals surface area contributed by atoms with Crippen molar-refractivity contribution < 1.29 is 13.2 Å². The van der Waals surface area contributed by atoms with Crippen LogP contribution in [-0.4, -0.2) is 62.8 Å². The fourth-order valence-electron chi connectivity index (χ4n) is 4.18. The number of hydrogen-bond acceptors (Lipinski definition) is 4. The van der Waals surface area contributed by atoms with Gasteiger partial charge in [-0.25, -0.2) is 12.7 Å². The summed E-state index contributed by atoms with van der Waals surface area (Å²) in [5, 5.41) is 0. The first-order valence-corrected chi connectivity index (χ1v) is 12.3. The second-order valence-electron chi connectivity index (χ2n) is 8.03. The molecule has 0 spiro atoms. The smallest absolute Gasteiger partial charge is 0.253 e. The minimum atomic E-state index is -3.29. The van der Waals surface area contributed by atoms with Crippen molar-refractivity contribution >= 4 is 21.6 Å². The molecular formula is C23H29N3O3S. The van der Waals surface area contributed by atoms with E-state index in [-0.39, 0.29) is 11.7 Å². The van der Waals surface area contributed by atoms with Gasteiger partial charge in [-0.1, -0.05) is 36.8 Å². The van der Waals surface area contributed by atoms with Crippen LogP contribution in [0.3, 0.4) is 0 Å². The molecule has 1 amide bonds. The number of carbonyl (C=O) groups is 1. The highest BCUT2D eigenvalue weighted by Crippen LogP contribution is 2.19. The van der Waals surface area contributed by atoms with Crippen molar-refractivity contribution in [1.82, 2.24) is 9.21 Å². The molecule has 0 atom stereocenters. The summed E-state index contributed by atoms with van der Waals surface area (Å²) in [5.74, 6) is 0.00479. The maximum Gasteiger partial charge on any atom is 0.253 e. The Morgan fingerprint density at radius 1 is 0.767 bits per heavy atom. The maximum absolute atomic E-state index is 12.9. The predicted molar refractivity (Wildman–Crippen MR) is 119 cm³/mol. The molecule has 6 nitrogen and oxygen atoms in total. The van der Waals surface area contributed by atoms with Crippen molar-refractivity contribution in [3.8, 4) is 0 Å². The number of sulfonamides is 1. The first kappa shape index (κ1) is 20.9. The number of hydrogen-bond donors (Lipinski definition) is 0. The lowest BCUT2D eigenvalue weighted by Crippen LogP contribution is -2.48. The van der Waals surface area contributed by atoms with Crippen LogP contribution < -0.4 is 4.90 Å². The third-order valence-corrected chi connectivity index (χ3v) is 7.80. The molecule has 2 aliphatic rings. The molecule has 0 aromatic heterocycles. The number of amides is 1. The van der Waals surface area contributed by atoms with E-state index in [1.165, 1.54) is 5.69 Å². The third kappa shape index (κ3) is 4.84. The highest BCUT2D eigenvalue weighted by atomic mass is 32.2. The van der Waals surface area contributed by atoms with Crippen LogP contribution in [0.25, 0.3) is 0 Å². The van der Waals surface area contributed by atoms with Crippen molar-refractivity contribution in [3.63, 3.8) is 0 Å². The number of para-hydroxylation sites is 1. The normalized spacial score (nSPS) is 18.4. The van der Waals surface area contributed by atoms with E-state index in [9.17, 15) is 13.2 Å². The zero-order valence-electron chi connectivity index (χ0n) is 17.2. The Hall–Kier alpha value is -2.38. The molecule has 0 radical (unpaired) electrons. The molecule has 2 aromatic carbocycles. The molecule has 4 rings (SSSR count). The van der Waals surface area contributed by atoms with Gasteiger partial charge in [0.25, 0.3) is 5.91 Å². The Bertz CT molecular complexity index is 947. The summed E-state index contributed by atoms with van der Waals surface area (Å²) < 4.78 is 26.8. The van der Waals surface area contributed by atoms with Crippen molar-refractivity contribution in [3.05, 3.63) is 65.7 Å². The SMILES string of the molecule is O=C(c1ccc(CS(=O)(=O)N2CCCCC2)cc1)N1CCN(c2ccccc2)CC1. The molecule has 2 aliphatic heterocycles. The topological polar surface area (TPSA) is 60.9 Å². The maximum atomic E-state index is 12.9. The minimum Gasteiger partial charge on any atom is -0.368 e. The quantitative estimate of drug-likeness (QED) is 0.736. The lowest BCUT2D eigenvalue weighted by molar-refractivity contribution is 0.0747. The van der Waals surface area contributed by atoms with Gasteiger partial charge < -0.3 is 9.80 Å².